The summed E-state index contributed by atoms with van der Waals surface area (Å²) in [5.74, 6) is 1.11. The van der Waals surface area contributed by atoms with Crippen molar-refractivity contribution in [2.45, 2.75) is 4.90 Å². The van der Waals surface area contributed by atoms with E-state index in [1.165, 1.54) is 4.90 Å². The van der Waals surface area contributed by atoms with Gasteiger partial charge >= 0.3 is 0 Å². The minimum atomic E-state index is 1.06. The van der Waals surface area contributed by atoms with Crippen LogP contribution in [0.25, 0.3) is 0 Å². The Balaban J connectivity index is 1.98. The maximum absolute atomic E-state index is 3.99. The van der Waals surface area contributed by atoms with E-state index in [1.54, 1.807) is 0 Å². The van der Waals surface area contributed by atoms with Crippen LogP contribution in [0.5, 0.6) is 0 Å². The predicted molar refractivity (Wildman–Crippen MR) is 66.4 cm³/mol. The summed E-state index contributed by atoms with van der Waals surface area (Å²) in [4.78, 5) is 7.46. The van der Waals surface area contributed by atoms with Crippen molar-refractivity contribution in [3.63, 3.8) is 0 Å². The van der Waals surface area contributed by atoms with Crippen molar-refractivity contribution in [2.24, 2.45) is 0 Å². The number of nitrogens with one attached hydrogen (secondary N) is 1. The molecule has 3 nitrogen and oxygen atoms in total. The van der Waals surface area contributed by atoms with Gasteiger partial charge < -0.3 is 10.2 Å². The van der Waals surface area contributed by atoms with E-state index in [2.05, 4.69) is 29.3 Å². The molecule has 15 heavy (non-hydrogen) atoms. The topological polar surface area (TPSA) is 28.2 Å². The van der Waals surface area contributed by atoms with Crippen molar-refractivity contribution in [1.29, 1.82) is 0 Å². The van der Waals surface area contributed by atoms with E-state index in [-0.39, 0.29) is 0 Å². The molecule has 0 saturated carbocycles. The van der Waals surface area contributed by atoms with E-state index in [0.717, 1.165) is 25.4 Å². The molecule has 0 unspecified atom stereocenters. The molecule has 84 valence electrons. The largest absolute Gasteiger partial charge is 0.315 e. The van der Waals surface area contributed by atoms with Gasteiger partial charge in [-0.3, -0.25) is 4.98 Å². The molecule has 0 aliphatic carbocycles. The molecular weight excluding hydrogens is 206 g/mol. The van der Waals surface area contributed by atoms with Crippen LogP contribution in [0.4, 0.5) is 0 Å². The molecule has 0 aliphatic heterocycles. The number of hydrogen-bond acceptors (Lipinski definition) is 4. The number of thioether (sulfide) groups is 1. The standard InChI is InChI=1S/C11H19N3S/c1-14(2)9-7-13-8-10-15-11-3-5-12-6-4-11/h3-6,13H,7-10H2,1-2H3. The Bertz CT molecular complexity index is 251. The summed E-state index contributed by atoms with van der Waals surface area (Å²) in [6.07, 6.45) is 3.67. The van der Waals surface area contributed by atoms with Crippen molar-refractivity contribution in [1.82, 2.24) is 15.2 Å². The fourth-order valence-corrected chi connectivity index (χ4v) is 1.90. The number of likely N-dealkylation sites (N-methyl/N-ethyl adjacent to an activating group) is 1. The predicted octanol–water partition coefficient (Wildman–Crippen LogP) is 1.32. The third-order valence-electron chi connectivity index (χ3n) is 1.93. The highest BCUT2D eigenvalue weighted by Gasteiger charge is 1.93. The Kier molecular flexibility index (Phi) is 6.39. The molecular formula is C11H19N3S. The average molecular weight is 225 g/mol. The number of rotatable bonds is 7. The summed E-state index contributed by atoms with van der Waals surface area (Å²) < 4.78 is 0. The Morgan fingerprint density at radius 2 is 2.00 bits per heavy atom. The van der Waals surface area contributed by atoms with Gasteiger partial charge in [0.15, 0.2) is 0 Å². The third-order valence-corrected chi connectivity index (χ3v) is 2.95. The highest BCUT2D eigenvalue weighted by Crippen LogP contribution is 2.14. The van der Waals surface area contributed by atoms with Crippen molar-refractivity contribution >= 4 is 11.8 Å². The lowest BCUT2D eigenvalue weighted by Crippen LogP contribution is -2.27. The quantitative estimate of drug-likeness (QED) is 0.560. The Hall–Kier alpha value is -0.580. The molecule has 0 radical (unpaired) electrons. The second-order valence-corrected chi connectivity index (χ2v) is 4.75. The van der Waals surface area contributed by atoms with E-state index in [9.17, 15) is 0 Å². The van der Waals surface area contributed by atoms with Crippen molar-refractivity contribution < 1.29 is 0 Å². The molecule has 1 rings (SSSR count). The molecule has 0 fully saturated rings. The van der Waals surface area contributed by atoms with Crippen LogP contribution in [-0.4, -0.2) is 49.4 Å². The second-order valence-electron chi connectivity index (χ2n) is 3.58. The maximum atomic E-state index is 3.99. The van der Waals surface area contributed by atoms with Crippen LogP contribution in [0.3, 0.4) is 0 Å². The molecule has 1 aromatic rings. The average Bonchev–Trinajstić information content (AvgIpc) is 2.24. The van der Waals surface area contributed by atoms with Crippen molar-refractivity contribution in [3.05, 3.63) is 24.5 Å². The normalized spacial score (nSPS) is 10.9. The van der Waals surface area contributed by atoms with Crippen LogP contribution in [-0.2, 0) is 0 Å². The van der Waals surface area contributed by atoms with Gasteiger partial charge in [-0.25, -0.2) is 0 Å². The first-order valence-corrected chi connectivity index (χ1v) is 6.16. The number of hydrogen-bond donors (Lipinski definition) is 1. The number of aromatic nitrogens is 1. The van der Waals surface area contributed by atoms with Crippen LogP contribution >= 0.6 is 11.8 Å². The lowest BCUT2D eigenvalue weighted by molar-refractivity contribution is 0.403. The fourth-order valence-electron chi connectivity index (χ4n) is 1.10. The molecule has 1 N–H and O–H groups in total. The fraction of sp³-hybridized carbons (Fsp3) is 0.545. The molecule has 0 atom stereocenters. The molecule has 0 amide bonds. The summed E-state index contributed by atoms with van der Waals surface area (Å²) in [6.45, 7) is 3.21. The Labute approximate surface area is 96.3 Å². The minimum absolute atomic E-state index is 1.06. The van der Waals surface area contributed by atoms with E-state index in [4.69, 9.17) is 0 Å². The van der Waals surface area contributed by atoms with E-state index in [0.29, 0.717) is 0 Å². The maximum Gasteiger partial charge on any atom is 0.0278 e. The molecule has 1 aromatic heterocycles. The molecule has 1 heterocycles. The zero-order valence-corrected chi connectivity index (χ0v) is 10.3. The zero-order chi connectivity index (χ0) is 10.9. The van der Waals surface area contributed by atoms with Crippen molar-refractivity contribution in [2.75, 3.05) is 39.5 Å². The highest BCUT2D eigenvalue weighted by atomic mass is 32.2. The van der Waals surface area contributed by atoms with Crippen LogP contribution in [0.2, 0.25) is 0 Å². The van der Waals surface area contributed by atoms with Crippen LogP contribution in [0, 0.1) is 0 Å². The van der Waals surface area contributed by atoms with Gasteiger partial charge in [-0.15, -0.1) is 11.8 Å². The lowest BCUT2D eigenvalue weighted by Gasteiger charge is -2.09. The van der Waals surface area contributed by atoms with Gasteiger partial charge in [0.1, 0.15) is 0 Å². The van der Waals surface area contributed by atoms with Gasteiger partial charge in [0.2, 0.25) is 0 Å². The first-order valence-electron chi connectivity index (χ1n) is 5.17. The minimum Gasteiger partial charge on any atom is -0.315 e. The molecule has 0 spiro atoms. The SMILES string of the molecule is CN(C)CCNCCSc1ccncc1. The van der Waals surface area contributed by atoms with E-state index >= 15 is 0 Å². The smallest absolute Gasteiger partial charge is 0.0278 e. The van der Waals surface area contributed by atoms with Gasteiger partial charge in [0.25, 0.3) is 0 Å². The first-order chi connectivity index (χ1) is 7.29. The number of nitrogens with zero attached hydrogens (tertiary/aromatic N) is 2. The van der Waals surface area contributed by atoms with Crippen LogP contribution in [0.15, 0.2) is 29.4 Å². The first kappa shape index (κ1) is 12.5. The number of pyridine rings is 1. The molecule has 4 heteroatoms. The Morgan fingerprint density at radius 3 is 2.67 bits per heavy atom. The monoisotopic (exact) mass is 225 g/mol. The third kappa shape index (κ3) is 6.49. The van der Waals surface area contributed by atoms with Crippen LogP contribution < -0.4 is 5.32 Å². The summed E-state index contributed by atoms with van der Waals surface area (Å²) in [5, 5.41) is 3.41. The van der Waals surface area contributed by atoms with Crippen molar-refractivity contribution in [3.8, 4) is 0 Å². The zero-order valence-electron chi connectivity index (χ0n) is 9.44. The van der Waals surface area contributed by atoms with Gasteiger partial charge in [0.05, 0.1) is 0 Å². The molecule has 0 aromatic carbocycles. The summed E-state index contributed by atoms with van der Waals surface area (Å²) >= 11 is 1.86. The summed E-state index contributed by atoms with van der Waals surface area (Å²) in [6, 6.07) is 4.09. The summed E-state index contributed by atoms with van der Waals surface area (Å²) in [7, 11) is 4.18. The van der Waals surface area contributed by atoms with E-state index in [1.807, 2.05) is 36.3 Å². The molecule has 0 saturated heterocycles. The van der Waals surface area contributed by atoms with Gasteiger partial charge in [0, 0.05) is 42.7 Å². The molecule has 0 bridgehead atoms. The molecule has 0 aliphatic rings. The van der Waals surface area contributed by atoms with Gasteiger partial charge in [-0.2, -0.15) is 0 Å². The summed E-state index contributed by atoms with van der Waals surface area (Å²) in [5.41, 5.74) is 0. The van der Waals surface area contributed by atoms with Crippen LogP contribution in [0.1, 0.15) is 0 Å². The van der Waals surface area contributed by atoms with E-state index < -0.39 is 0 Å². The van der Waals surface area contributed by atoms with Gasteiger partial charge in [-0.1, -0.05) is 0 Å². The highest BCUT2D eigenvalue weighted by molar-refractivity contribution is 7.99. The second kappa shape index (κ2) is 7.68. The Morgan fingerprint density at radius 1 is 1.27 bits per heavy atom. The van der Waals surface area contributed by atoms with Gasteiger partial charge in [-0.05, 0) is 26.2 Å². The lowest BCUT2D eigenvalue weighted by atomic mass is 10.5.